The monoisotopic (exact) mass is 228 g/mol. The van der Waals surface area contributed by atoms with Gasteiger partial charge in [0.25, 0.3) is 5.91 Å². The first-order valence-electron chi connectivity index (χ1n) is 4.88. The van der Waals surface area contributed by atoms with Gasteiger partial charge in [-0.05, 0) is 6.07 Å². The minimum atomic E-state index is -0.596. The molecule has 0 aliphatic carbocycles. The van der Waals surface area contributed by atoms with Gasteiger partial charge in [-0.25, -0.2) is 9.97 Å². The summed E-state index contributed by atoms with van der Waals surface area (Å²) in [5.74, 6) is -0.0218. The second kappa shape index (κ2) is 3.41. The molecule has 3 aromatic rings. The number of rotatable bonds is 2. The molecule has 3 heterocycles. The van der Waals surface area contributed by atoms with Crippen molar-refractivity contribution in [3.05, 3.63) is 36.7 Å². The van der Waals surface area contributed by atoms with Crippen molar-refractivity contribution in [2.45, 2.75) is 0 Å². The van der Waals surface area contributed by atoms with Crippen molar-refractivity contribution in [2.75, 3.05) is 0 Å². The molecular formula is C10H8N6O. The number of amides is 1. The van der Waals surface area contributed by atoms with Crippen molar-refractivity contribution in [2.24, 2.45) is 5.73 Å². The number of fused-ring (bicyclic) bond motifs is 1. The first-order valence-corrected chi connectivity index (χ1v) is 4.88. The lowest BCUT2D eigenvalue weighted by Gasteiger charge is -2.03. The molecule has 3 N–H and O–H groups in total. The van der Waals surface area contributed by atoms with E-state index < -0.39 is 5.91 Å². The fraction of sp³-hybridized carbons (Fsp3) is 0. The van der Waals surface area contributed by atoms with Gasteiger partial charge in [-0.1, -0.05) is 0 Å². The first kappa shape index (κ1) is 9.52. The number of H-pyrrole nitrogens is 1. The van der Waals surface area contributed by atoms with Gasteiger partial charge in [0.2, 0.25) is 0 Å². The minimum Gasteiger partial charge on any atom is -0.364 e. The topological polar surface area (TPSA) is 102 Å². The van der Waals surface area contributed by atoms with E-state index in [0.29, 0.717) is 11.3 Å². The highest BCUT2D eigenvalue weighted by molar-refractivity contribution is 6.03. The average Bonchev–Trinajstić information content (AvgIpc) is 2.98. The summed E-state index contributed by atoms with van der Waals surface area (Å²) in [6.07, 6.45) is 6.58. The van der Waals surface area contributed by atoms with Crippen LogP contribution in [0.3, 0.4) is 0 Å². The van der Waals surface area contributed by atoms with Gasteiger partial charge < -0.3 is 5.73 Å². The standard InChI is InChI=1S/C10H8N6O/c11-10(17)9-8-6(4-13-15-8)3-7(14-9)16-2-1-12-5-16/h1-5H,(H2,11,17)(H,13,15). The Balaban J connectivity index is 2.31. The largest absolute Gasteiger partial charge is 0.364 e. The molecule has 0 aliphatic heterocycles. The van der Waals surface area contributed by atoms with Crippen LogP contribution in [0.2, 0.25) is 0 Å². The van der Waals surface area contributed by atoms with E-state index >= 15 is 0 Å². The van der Waals surface area contributed by atoms with Crippen molar-refractivity contribution in [1.29, 1.82) is 0 Å². The Morgan fingerprint density at radius 3 is 3.06 bits per heavy atom. The summed E-state index contributed by atoms with van der Waals surface area (Å²) < 4.78 is 1.69. The van der Waals surface area contributed by atoms with Gasteiger partial charge >= 0.3 is 0 Å². The second-order valence-electron chi connectivity index (χ2n) is 3.50. The molecule has 0 bridgehead atoms. The van der Waals surface area contributed by atoms with E-state index in [-0.39, 0.29) is 5.69 Å². The summed E-state index contributed by atoms with van der Waals surface area (Å²) >= 11 is 0. The third-order valence-electron chi connectivity index (χ3n) is 2.42. The zero-order chi connectivity index (χ0) is 11.8. The van der Waals surface area contributed by atoms with Crippen LogP contribution in [-0.2, 0) is 0 Å². The van der Waals surface area contributed by atoms with E-state index in [1.54, 1.807) is 35.6 Å². The lowest BCUT2D eigenvalue weighted by molar-refractivity contribution is 0.0997. The number of carbonyl (C=O) groups excluding carboxylic acids is 1. The van der Waals surface area contributed by atoms with E-state index in [1.165, 1.54) is 0 Å². The predicted molar refractivity (Wildman–Crippen MR) is 59.5 cm³/mol. The molecule has 0 spiro atoms. The fourth-order valence-corrected chi connectivity index (χ4v) is 1.64. The van der Waals surface area contributed by atoms with Gasteiger partial charge in [-0.3, -0.25) is 14.5 Å². The molecule has 0 saturated heterocycles. The van der Waals surface area contributed by atoms with E-state index in [9.17, 15) is 4.79 Å². The number of nitrogens with zero attached hydrogens (tertiary/aromatic N) is 4. The molecular weight excluding hydrogens is 220 g/mol. The molecule has 7 nitrogen and oxygen atoms in total. The van der Waals surface area contributed by atoms with Gasteiger partial charge in [0.15, 0.2) is 5.69 Å². The van der Waals surface area contributed by atoms with Crippen LogP contribution >= 0.6 is 0 Å². The maximum atomic E-state index is 11.3. The Morgan fingerprint density at radius 2 is 2.35 bits per heavy atom. The van der Waals surface area contributed by atoms with Crippen LogP contribution in [0.1, 0.15) is 10.5 Å². The van der Waals surface area contributed by atoms with Crippen molar-refractivity contribution in [3.63, 3.8) is 0 Å². The minimum absolute atomic E-state index is 0.170. The summed E-state index contributed by atoms with van der Waals surface area (Å²) in [4.78, 5) is 19.4. The summed E-state index contributed by atoms with van der Waals surface area (Å²) in [5, 5.41) is 7.35. The molecule has 84 valence electrons. The summed E-state index contributed by atoms with van der Waals surface area (Å²) in [7, 11) is 0. The molecule has 0 unspecified atom stereocenters. The van der Waals surface area contributed by atoms with Crippen molar-refractivity contribution in [1.82, 2.24) is 24.7 Å². The van der Waals surface area contributed by atoms with Crippen LogP contribution < -0.4 is 5.73 Å². The number of nitrogens with one attached hydrogen (secondary N) is 1. The fourth-order valence-electron chi connectivity index (χ4n) is 1.64. The second-order valence-corrected chi connectivity index (χ2v) is 3.50. The molecule has 7 heteroatoms. The highest BCUT2D eigenvalue weighted by atomic mass is 16.1. The predicted octanol–water partition coefficient (Wildman–Crippen LogP) is 0.242. The van der Waals surface area contributed by atoms with Gasteiger partial charge in [0.1, 0.15) is 12.1 Å². The number of primary amides is 1. The Labute approximate surface area is 95.3 Å². The highest BCUT2D eigenvalue weighted by Gasteiger charge is 2.13. The first-order chi connectivity index (χ1) is 8.25. The quantitative estimate of drug-likeness (QED) is 0.655. The average molecular weight is 228 g/mol. The van der Waals surface area contributed by atoms with Crippen LogP contribution in [0.25, 0.3) is 16.7 Å². The summed E-state index contributed by atoms with van der Waals surface area (Å²) in [6.45, 7) is 0. The zero-order valence-corrected chi connectivity index (χ0v) is 8.66. The molecule has 0 saturated carbocycles. The molecule has 1 amide bonds. The molecule has 3 aromatic heterocycles. The maximum absolute atomic E-state index is 11.3. The summed E-state index contributed by atoms with van der Waals surface area (Å²) in [5.41, 5.74) is 6.00. The molecule has 0 aliphatic rings. The molecule has 0 aromatic carbocycles. The SMILES string of the molecule is NC(=O)c1nc(-n2ccnc2)cc2cn[nH]c12. The highest BCUT2D eigenvalue weighted by Crippen LogP contribution is 2.17. The van der Waals surface area contributed by atoms with E-state index in [2.05, 4.69) is 20.2 Å². The normalized spacial score (nSPS) is 10.8. The van der Waals surface area contributed by atoms with E-state index in [1.807, 2.05) is 0 Å². The van der Waals surface area contributed by atoms with Crippen LogP contribution in [0.15, 0.2) is 31.0 Å². The number of imidazole rings is 1. The Hall–Kier alpha value is -2.70. The molecule has 0 radical (unpaired) electrons. The number of nitrogens with two attached hydrogens (primary N) is 1. The number of hydrogen-bond donors (Lipinski definition) is 2. The van der Waals surface area contributed by atoms with E-state index in [0.717, 1.165) is 5.39 Å². The lowest BCUT2D eigenvalue weighted by Crippen LogP contribution is -2.15. The number of pyridine rings is 1. The van der Waals surface area contributed by atoms with Crippen LogP contribution in [0, 0.1) is 0 Å². The summed E-state index contributed by atoms with van der Waals surface area (Å²) in [6, 6.07) is 1.80. The molecule has 0 fully saturated rings. The number of carbonyl (C=O) groups is 1. The van der Waals surface area contributed by atoms with Crippen LogP contribution in [-0.4, -0.2) is 30.6 Å². The van der Waals surface area contributed by atoms with Gasteiger partial charge in [-0.2, -0.15) is 5.10 Å². The smallest absolute Gasteiger partial charge is 0.269 e. The van der Waals surface area contributed by atoms with Gasteiger partial charge in [0.05, 0.1) is 11.7 Å². The third-order valence-corrected chi connectivity index (χ3v) is 2.42. The molecule has 17 heavy (non-hydrogen) atoms. The Bertz CT molecular complexity index is 684. The Kier molecular flexibility index (Phi) is 1.91. The Morgan fingerprint density at radius 1 is 1.47 bits per heavy atom. The van der Waals surface area contributed by atoms with Crippen LogP contribution in [0.4, 0.5) is 0 Å². The molecule has 0 atom stereocenters. The number of aromatic amines is 1. The zero-order valence-electron chi connectivity index (χ0n) is 8.66. The maximum Gasteiger partial charge on any atom is 0.269 e. The van der Waals surface area contributed by atoms with Crippen molar-refractivity contribution in [3.8, 4) is 5.82 Å². The third kappa shape index (κ3) is 1.44. The number of aromatic nitrogens is 5. The molecule has 3 rings (SSSR count). The van der Waals surface area contributed by atoms with Gasteiger partial charge in [0, 0.05) is 17.8 Å². The number of hydrogen-bond acceptors (Lipinski definition) is 4. The van der Waals surface area contributed by atoms with Crippen LogP contribution in [0.5, 0.6) is 0 Å². The van der Waals surface area contributed by atoms with Crippen molar-refractivity contribution < 1.29 is 4.79 Å². The van der Waals surface area contributed by atoms with E-state index in [4.69, 9.17) is 5.73 Å². The van der Waals surface area contributed by atoms with Crippen molar-refractivity contribution >= 4 is 16.8 Å². The lowest BCUT2D eigenvalue weighted by atomic mass is 10.2. The van der Waals surface area contributed by atoms with Gasteiger partial charge in [-0.15, -0.1) is 0 Å².